The molecule has 0 saturated carbocycles. The minimum atomic E-state index is -0.698. The fourth-order valence-electron chi connectivity index (χ4n) is 8.22. The van der Waals surface area contributed by atoms with Crippen LogP contribution in [0.3, 0.4) is 0 Å². The normalized spacial score (nSPS) is 15.1. The van der Waals surface area contributed by atoms with E-state index < -0.39 is 84.6 Å². The van der Waals surface area contributed by atoms with Crippen LogP contribution in [0.25, 0.3) is 126 Å². The van der Waals surface area contributed by atoms with E-state index in [2.05, 4.69) is 30.3 Å². The number of aromatic nitrogens is 4. The molecule has 0 amide bonds. The predicted octanol–water partition coefficient (Wildman–Crippen LogP) is 15.6. The summed E-state index contributed by atoms with van der Waals surface area (Å²) in [6.07, 6.45) is 0. The fourth-order valence-corrected chi connectivity index (χ4v) is 9.40. The van der Waals surface area contributed by atoms with E-state index in [4.69, 9.17) is 29.0 Å². The Hall–Kier alpha value is -8.19. The van der Waals surface area contributed by atoms with Crippen molar-refractivity contribution in [1.82, 2.24) is 19.5 Å². The first-order valence-electron chi connectivity index (χ1n) is 27.4. The summed E-state index contributed by atoms with van der Waals surface area (Å²) in [6.45, 7) is 0. The second-order valence-corrected chi connectivity index (χ2v) is 15.9. The number of rotatable bonds is 6. The lowest BCUT2D eigenvalue weighted by atomic mass is 9.99. The van der Waals surface area contributed by atoms with Gasteiger partial charge < -0.3 is 8.98 Å². The van der Waals surface area contributed by atoms with Gasteiger partial charge in [-0.05, 0) is 76.7 Å². The number of thiophene rings is 1. The molecule has 0 bridgehead atoms. The maximum absolute atomic E-state index is 9.70. The molecule has 0 atom stereocenters. The zero-order chi connectivity index (χ0) is 54.5. The summed E-state index contributed by atoms with van der Waals surface area (Å²) in [6, 6.07) is 27.0. The van der Waals surface area contributed by atoms with Crippen molar-refractivity contribution in [2.75, 3.05) is 0 Å². The Kier molecular flexibility index (Phi) is 5.34. The van der Waals surface area contributed by atoms with Crippen LogP contribution in [0.1, 0.15) is 20.6 Å². The van der Waals surface area contributed by atoms with E-state index in [1.165, 1.54) is 18.2 Å². The van der Waals surface area contributed by atoms with E-state index >= 15 is 0 Å². The first-order valence-corrected chi connectivity index (χ1v) is 20.7. The van der Waals surface area contributed by atoms with Gasteiger partial charge in [0.25, 0.3) is 0 Å². The molecule has 0 radical (unpaired) electrons. The fraction of sp³-hybridized carbons (Fsp3) is 0. The molecule has 9 aromatic carbocycles. The van der Waals surface area contributed by atoms with Gasteiger partial charge in [0, 0.05) is 64.1 Å². The molecule has 294 valence electrons. The first-order chi connectivity index (χ1) is 37.4. The Labute approximate surface area is 386 Å². The van der Waals surface area contributed by atoms with E-state index in [1.54, 1.807) is 11.3 Å². The minimum absolute atomic E-state index is 0.0301. The molecule has 4 aromatic heterocycles. The molecule has 6 heteroatoms. The van der Waals surface area contributed by atoms with Gasteiger partial charge in [0.2, 0.25) is 0 Å². The van der Waals surface area contributed by atoms with E-state index in [9.17, 15) is 11.0 Å². The second-order valence-electron chi connectivity index (χ2n) is 14.8. The van der Waals surface area contributed by atoms with Crippen LogP contribution in [0.2, 0.25) is 0 Å². The van der Waals surface area contributed by atoms with Crippen LogP contribution in [-0.4, -0.2) is 19.5 Å². The molecule has 0 aliphatic rings. The topological polar surface area (TPSA) is 56.7 Å². The monoisotopic (exact) mass is 837 g/mol. The standard InChI is InChI=1S/C57H34N4OS/c1-4-13-35(14-5-1)38-23-28-44-45-29-25-40(33-53(45)63-52(44)32-38)57-59-55(37-17-8-3-9-18-37)58-56(60-57)39-24-27-43-47-34-41(26-30-50(47)62-51(43)31-39)61-48-21-11-10-19-46(48)54-42(20-12-22-49(54)61)36-15-6-2-7-16-36/h1-34H/i2D,6D,10D,11D,12D,15D,19D,20D,21D,22D,24D,26D,27D,30D,31D. The van der Waals surface area contributed by atoms with Gasteiger partial charge in [0.05, 0.1) is 31.6 Å². The quantitative estimate of drug-likeness (QED) is 0.167. The summed E-state index contributed by atoms with van der Waals surface area (Å²) in [7, 11) is 0. The van der Waals surface area contributed by atoms with Gasteiger partial charge in [-0.1, -0.05) is 151 Å². The minimum Gasteiger partial charge on any atom is -0.456 e. The van der Waals surface area contributed by atoms with E-state index in [1.807, 2.05) is 66.7 Å². The molecule has 63 heavy (non-hydrogen) atoms. The van der Waals surface area contributed by atoms with Gasteiger partial charge in [0.15, 0.2) is 17.5 Å². The summed E-state index contributed by atoms with van der Waals surface area (Å²) < 4.78 is 146. The van der Waals surface area contributed by atoms with Crippen molar-refractivity contribution >= 4 is 75.3 Å². The Morgan fingerprint density at radius 2 is 1.11 bits per heavy atom. The molecule has 4 heterocycles. The number of fused-ring (bicyclic) bond motifs is 9. The number of furan rings is 1. The number of para-hydroxylation sites is 1. The largest absolute Gasteiger partial charge is 0.456 e. The molecule has 0 unspecified atom stereocenters. The Balaban J connectivity index is 1.04. The van der Waals surface area contributed by atoms with E-state index in [-0.39, 0.29) is 89.6 Å². The van der Waals surface area contributed by atoms with Crippen molar-refractivity contribution in [2.24, 2.45) is 0 Å². The lowest BCUT2D eigenvalue weighted by molar-refractivity contribution is 0.669. The number of hydrogen-bond donors (Lipinski definition) is 0. The van der Waals surface area contributed by atoms with Gasteiger partial charge in [-0.15, -0.1) is 11.3 Å². The lowest BCUT2D eigenvalue weighted by Gasteiger charge is -2.09. The third-order valence-corrected chi connectivity index (χ3v) is 12.3. The molecule has 0 aliphatic heterocycles. The Bertz CT molecular complexity index is 4810. The zero-order valence-electron chi connectivity index (χ0n) is 47.6. The SMILES string of the molecule is [2H]c1ccc(-c2c([2H])c([2H])c([2H])c3c2c2c([2H])c([2H])c([2H])c([2H])c2n3-c2cc3c(oc4c([2H])c(-c5nc(-c6ccccc6)nc(-c6ccc7c(c6)sc6cc(-c8ccccc8)ccc67)n5)c([2H])c([2H])c43)c([2H])c2[2H])c([2H])c1[2H]. The van der Waals surface area contributed by atoms with E-state index in [0.717, 1.165) is 35.9 Å². The highest BCUT2D eigenvalue weighted by Crippen LogP contribution is 2.41. The smallest absolute Gasteiger partial charge is 0.164 e. The van der Waals surface area contributed by atoms with Crippen LogP contribution >= 0.6 is 11.3 Å². The molecule has 13 aromatic rings. The van der Waals surface area contributed by atoms with Gasteiger partial charge in [-0.3, -0.25) is 0 Å². The summed E-state index contributed by atoms with van der Waals surface area (Å²) in [4.78, 5) is 14.6. The van der Waals surface area contributed by atoms with Crippen LogP contribution in [0.4, 0.5) is 0 Å². The summed E-state index contributed by atoms with van der Waals surface area (Å²) >= 11 is 1.62. The molecular formula is C57H34N4OS. The Morgan fingerprint density at radius 1 is 0.429 bits per heavy atom. The van der Waals surface area contributed by atoms with Crippen LogP contribution in [0, 0.1) is 0 Å². The molecule has 0 spiro atoms. The third-order valence-electron chi connectivity index (χ3n) is 11.1. The van der Waals surface area contributed by atoms with Crippen molar-refractivity contribution < 1.29 is 25.0 Å². The maximum Gasteiger partial charge on any atom is 0.164 e. The summed E-state index contributed by atoms with van der Waals surface area (Å²) in [5.41, 5.74) is 1.55. The molecule has 0 fully saturated rings. The van der Waals surface area contributed by atoms with Gasteiger partial charge in [-0.25, -0.2) is 15.0 Å². The lowest BCUT2D eigenvalue weighted by Crippen LogP contribution is -2.00. The van der Waals surface area contributed by atoms with Crippen LogP contribution < -0.4 is 0 Å². The van der Waals surface area contributed by atoms with Crippen LogP contribution in [0.5, 0.6) is 0 Å². The first kappa shape index (κ1) is 23.7. The average Bonchev–Trinajstić information content (AvgIpc) is 4.08. The maximum atomic E-state index is 9.70. The van der Waals surface area contributed by atoms with E-state index in [0.29, 0.717) is 11.1 Å². The third kappa shape index (κ3) is 5.87. The summed E-state index contributed by atoms with van der Waals surface area (Å²) in [5, 5.41) is 1.58. The highest BCUT2D eigenvalue weighted by Gasteiger charge is 2.19. The second kappa shape index (κ2) is 14.2. The number of hydrogen-bond acceptors (Lipinski definition) is 5. The molecule has 5 nitrogen and oxygen atoms in total. The Morgan fingerprint density at radius 3 is 1.94 bits per heavy atom. The highest BCUT2D eigenvalue weighted by atomic mass is 32.1. The average molecular weight is 838 g/mol. The molecule has 0 aliphatic carbocycles. The van der Waals surface area contributed by atoms with Gasteiger partial charge >= 0.3 is 0 Å². The number of nitrogens with zero attached hydrogens (tertiary/aromatic N) is 4. The molecule has 13 rings (SSSR count). The van der Waals surface area contributed by atoms with Crippen molar-refractivity contribution in [3.63, 3.8) is 0 Å². The zero-order valence-corrected chi connectivity index (χ0v) is 33.4. The number of benzene rings is 9. The van der Waals surface area contributed by atoms with Crippen molar-refractivity contribution in [2.45, 2.75) is 0 Å². The van der Waals surface area contributed by atoms with Crippen LogP contribution in [0.15, 0.2) is 210 Å². The van der Waals surface area contributed by atoms with Gasteiger partial charge in [-0.2, -0.15) is 0 Å². The predicted molar refractivity (Wildman–Crippen MR) is 262 cm³/mol. The highest BCUT2D eigenvalue weighted by molar-refractivity contribution is 7.25. The van der Waals surface area contributed by atoms with Gasteiger partial charge in [0.1, 0.15) is 11.2 Å². The van der Waals surface area contributed by atoms with Crippen molar-refractivity contribution in [3.8, 4) is 62.1 Å². The van der Waals surface area contributed by atoms with Crippen LogP contribution in [-0.2, 0) is 0 Å². The van der Waals surface area contributed by atoms with Crippen molar-refractivity contribution in [3.05, 3.63) is 206 Å². The summed E-state index contributed by atoms with van der Waals surface area (Å²) in [5.74, 6) is 0.357. The molecule has 0 N–H and O–H groups in total. The van der Waals surface area contributed by atoms with Crippen molar-refractivity contribution in [1.29, 1.82) is 0 Å². The molecular weight excluding hydrogens is 789 g/mol. The molecule has 0 saturated heterocycles.